The van der Waals surface area contributed by atoms with E-state index in [-0.39, 0.29) is 5.56 Å². The van der Waals surface area contributed by atoms with Gasteiger partial charge in [-0.1, -0.05) is 78.0 Å². The standard InChI is InChI=1S/C28H20ClNO2S/c1-18-27(33-24-12-6-10-21(16-24)28(31)32)25-14-13-22(29)17-26(25)30(18)23-11-5-9-20(15-23)19-7-3-2-4-8-19/h2-17H,1H3,(H,31,32). The van der Waals surface area contributed by atoms with Crippen molar-refractivity contribution in [1.82, 2.24) is 4.57 Å². The van der Waals surface area contributed by atoms with Gasteiger partial charge >= 0.3 is 5.97 Å². The van der Waals surface area contributed by atoms with Crippen LogP contribution in [0.1, 0.15) is 16.1 Å². The van der Waals surface area contributed by atoms with Crippen LogP contribution in [0.5, 0.6) is 0 Å². The molecule has 0 spiro atoms. The van der Waals surface area contributed by atoms with E-state index in [1.54, 1.807) is 30.0 Å². The van der Waals surface area contributed by atoms with E-state index in [1.165, 1.54) is 0 Å². The minimum absolute atomic E-state index is 0.278. The van der Waals surface area contributed by atoms with Crippen LogP contribution in [0.2, 0.25) is 5.02 Å². The molecule has 0 unspecified atom stereocenters. The normalized spacial score (nSPS) is 11.1. The fraction of sp³-hybridized carbons (Fsp3) is 0.0357. The summed E-state index contributed by atoms with van der Waals surface area (Å²) in [6.07, 6.45) is 0. The van der Waals surface area contributed by atoms with Crippen molar-refractivity contribution >= 4 is 40.2 Å². The van der Waals surface area contributed by atoms with Crippen molar-refractivity contribution < 1.29 is 9.90 Å². The lowest BCUT2D eigenvalue weighted by Crippen LogP contribution is -1.97. The minimum atomic E-state index is -0.930. The molecule has 0 bridgehead atoms. The van der Waals surface area contributed by atoms with Crippen LogP contribution >= 0.6 is 23.4 Å². The summed E-state index contributed by atoms with van der Waals surface area (Å²) in [6.45, 7) is 2.09. The third-order valence-corrected chi connectivity index (χ3v) is 7.07. The Morgan fingerprint density at radius 1 is 0.848 bits per heavy atom. The third-order valence-electron chi connectivity index (χ3n) is 5.62. The lowest BCUT2D eigenvalue weighted by Gasteiger charge is -2.11. The molecule has 162 valence electrons. The average molecular weight is 470 g/mol. The molecule has 0 aliphatic heterocycles. The van der Waals surface area contributed by atoms with E-state index in [0.29, 0.717) is 5.02 Å². The van der Waals surface area contributed by atoms with Crippen molar-refractivity contribution in [2.45, 2.75) is 16.7 Å². The summed E-state index contributed by atoms with van der Waals surface area (Å²) in [4.78, 5) is 13.4. The van der Waals surface area contributed by atoms with Gasteiger partial charge in [0.05, 0.1) is 11.1 Å². The molecule has 4 aromatic carbocycles. The predicted octanol–water partition coefficient (Wildman–Crippen LogP) is 8.11. The number of aromatic nitrogens is 1. The average Bonchev–Trinajstić information content (AvgIpc) is 3.10. The second-order valence-corrected chi connectivity index (χ2v) is 9.28. The van der Waals surface area contributed by atoms with E-state index in [1.807, 2.05) is 42.5 Å². The van der Waals surface area contributed by atoms with Crippen LogP contribution in [0, 0.1) is 6.92 Å². The largest absolute Gasteiger partial charge is 0.478 e. The van der Waals surface area contributed by atoms with Gasteiger partial charge in [0.2, 0.25) is 0 Å². The number of benzene rings is 4. The molecule has 0 aliphatic rings. The molecule has 5 heteroatoms. The van der Waals surface area contributed by atoms with E-state index in [2.05, 4.69) is 47.9 Å². The highest BCUT2D eigenvalue weighted by Crippen LogP contribution is 2.41. The summed E-state index contributed by atoms with van der Waals surface area (Å²) in [6, 6.07) is 31.7. The maximum Gasteiger partial charge on any atom is 0.335 e. The van der Waals surface area contributed by atoms with Crippen LogP contribution in [0.4, 0.5) is 0 Å². The first kappa shape index (κ1) is 21.4. The zero-order chi connectivity index (χ0) is 22.9. The van der Waals surface area contributed by atoms with Gasteiger partial charge in [0.1, 0.15) is 0 Å². The Kier molecular flexibility index (Phi) is 5.71. The summed E-state index contributed by atoms with van der Waals surface area (Å²) in [5.74, 6) is -0.930. The van der Waals surface area contributed by atoms with E-state index in [9.17, 15) is 9.90 Å². The Bertz CT molecular complexity index is 1490. The van der Waals surface area contributed by atoms with E-state index in [4.69, 9.17) is 11.6 Å². The molecule has 1 heterocycles. The Morgan fingerprint density at radius 2 is 1.61 bits per heavy atom. The number of nitrogens with zero attached hydrogens (tertiary/aromatic N) is 1. The second-order valence-electron chi connectivity index (χ2n) is 7.76. The van der Waals surface area contributed by atoms with Crippen LogP contribution in [0.3, 0.4) is 0 Å². The number of hydrogen-bond donors (Lipinski definition) is 1. The lowest BCUT2D eigenvalue weighted by molar-refractivity contribution is 0.0696. The first-order valence-corrected chi connectivity index (χ1v) is 11.7. The fourth-order valence-electron chi connectivity index (χ4n) is 4.09. The number of carboxylic acid groups (broad SMARTS) is 1. The van der Waals surface area contributed by atoms with Gasteiger partial charge in [-0.15, -0.1) is 0 Å². The second kappa shape index (κ2) is 8.81. The smallest absolute Gasteiger partial charge is 0.335 e. The van der Waals surface area contributed by atoms with Crippen molar-refractivity contribution in [2.75, 3.05) is 0 Å². The number of carbonyl (C=O) groups is 1. The zero-order valence-corrected chi connectivity index (χ0v) is 19.4. The molecule has 1 N–H and O–H groups in total. The highest BCUT2D eigenvalue weighted by molar-refractivity contribution is 7.99. The van der Waals surface area contributed by atoms with Crippen LogP contribution in [0.15, 0.2) is 107 Å². The van der Waals surface area contributed by atoms with Crippen molar-refractivity contribution in [1.29, 1.82) is 0 Å². The highest BCUT2D eigenvalue weighted by atomic mass is 35.5. The van der Waals surface area contributed by atoms with Gasteiger partial charge in [0.15, 0.2) is 0 Å². The molecule has 0 aliphatic carbocycles. The molecule has 33 heavy (non-hydrogen) atoms. The maximum atomic E-state index is 11.4. The van der Waals surface area contributed by atoms with Crippen LogP contribution in [-0.2, 0) is 0 Å². The first-order chi connectivity index (χ1) is 16.0. The summed E-state index contributed by atoms with van der Waals surface area (Å²) in [5, 5.41) is 11.1. The Hall–Kier alpha value is -3.47. The molecular formula is C28H20ClNO2S. The van der Waals surface area contributed by atoms with Gasteiger partial charge in [-0.3, -0.25) is 0 Å². The summed E-state index contributed by atoms with van der Waals surface area (Å²) < 4.78 is 2.22. The molecule has 0 saturated carbocycles. The molecule has 5 rings (SSSR count). The van der Waals surface area contributed by atoms with Crippen LogP contribution < -0.4 is 0 Å². The first-order valence-electron chi connectivity index (χ1n) is 10.5. The van der Waals surface area contributed by atoms with Gasteiger partial charge in [-0.05, 0) is 60.5 Å². The van der Waals surface area contributed by atoms with Gasteiger partial charge in [-0.25, -0.2) is 4.79 Å². The number of halogens is 1. The lowest BCUT2D eigenvalue weighted by atomic mass is 10.1. The van der Waals surface area contributed by atoms with Gasteiger partial charge in [0, 0.05) is 31.6 Å². The highest BCUT2D eigenvalue weighted by Gasteiger charge is 2.18. The van der Waals surface area contributed by atoms with Crippen molar-refractivity contribution in [3.8, 4) is 16.8 Å². The Morgan fingerprint density at radius 3 is 2.39 bits per heavy atom. The third kappa shape index (κ3) is 4.15. The van der Waals surface area contributed by atoms with E-state index >= 15 is 0 Å². The van der Waals surface area contributed by atoms with Crippen molar-refractivity contribution in [2.24, 2.45) is 0 Å². The number of rotatable bonds is 5. The summed E-state index contributed by atoms with van der Waals surface area (Å²) in [5.41, 5.74) is 5.71. The number of fused-ring (bicyclic) bond motifs is 1. The van der Waals surface area contributed by atoms with E-state index < -0.39 is 5.97 Å². The molecule has 0 atom stereocenters. The van der Waals surface area contributed by atoms with Gasteiger partial charge < -0.3 is 9.67 Å². The summed E-state index contributed by atoms with van der Waals surface area (Å²) in [7, 11) is 0. The van der Waals surface area contributed by atoms with Gasteiger partial charge in [0.25, 0.3) is 0 Å². The molecule has 5 aromatic rings. The molecule has 1 aromatic heterocycles. The molecule has 0 amide bonds. The molecule has 0 saturated heterocycles. The Labute approximate surface area is 201 Å². The predicted molar refractivity (Wildman–Crippen MR) is 136 cm³/mol. The van der Waals surface area contributed by atoms with Gasteiger partial charge in [-0.2, -0.15) is 0 Å². The molecule has 0 radical (unpaired) electrons. The monoisotopic (exact) mass is 469 g/mol. The quantitative estimate of drug-likeness (QED) is 0.282. The Balaban J connectivity index is 1.67. The zero-order valence-electron chi connectivity index (χ0n) is 17.8. The van der Waals surface area contributed by atoms with Crippen molar-refractivity contribution in [3.05, 3.63) is 113 Å². The SMILES string of the molecule is Cc1c(Sc2cccc(C(=O)O)c2)c2ccc(Cl)cc2n1-c1cccc(-c2ccccc2)c1. The van der Waals surface area contributed by atoms with Crippen LogP contribution in [-0.4, -0.2) is 15.6 Å². The maximum absolute atomic E-state index is 11.4. The molecular weight excluding hydrogens is 450 g/mol. The number of aromatic carboxylic acids is 1. The number of hydrogen-bond acceptors (Lipinski definition) is 2. The summed E-state index contributed by atoms with van der Waals surface area (Å²) >= 11 is 7.97. The van der Waals surface area contributed by atoms with Crippen LogP contribution in [0.25, 0.3) is 27.7 Å². The van der Waals surface area contributed by atoms with Crippen molar-refractivity contribution in [3.63, 3.8) is 0 Å². The molecule has 3 nitrogen and oxygen atoms in total. The molecule has 0 fully saturated rings. The topological polar surface area (TPSA) is 42.2 Å². The van der Waals surface area contributed by atoms with E-state index in [0.717, 1.165) is 43.2 Å². The fourth-order valence-corrected chi connectivity index (χ4v) is 5.34. The minimum Gasteiger partial charge on any atom is -0.478 e. The number of carboxylic acids is 1.